The van der Waals surface area contributed by atoms with Gasteiger partial charge in [-0.1, -0.05) is 28.1 Å². The first-order valence-electron chi connectivity index (χ1n) is 9.28. The minimum Gasteiger partial charge on any atom is -0.340 e. The first-order valence-corrected chi connectivity index (χ1v) is 10.1. The number of piperidine rings is 1. The second kappa shape index (κ2) is 8.52. The third kappa shape index (κ3) is 4.39. The van der Waals surface area contributed by atoms with E-state index in [1.807, 2.05) is 35.0 Å². The molecule has 3 aromatic rings. The third-order valence-corrected chi connectivity index (χ3v) is 5.37. The van der Waals surface area contributed by atoms with Crippen molar-refractivity contribution in [3.05, 3.63) is 65.0 Å². The molecule has 2 aromatic heterocycles. The van der Waals surface area contributed by atoms with Crippen LogP contribution >= 0.6 is 15.9 Å². The number of rotatable bonds is 5. The van der Waals surface area contributed by atoms with Gasteiger partial charge < -0.3 is 10.2 Å². The van der Waals surface area contributed by atoms with Crippen LogP contribution in [0.15, 0.2) is 59.5 Å². The molecule has 144 valence electrons. The highest BCUT2D eigenvalue weighted by molar-refractivity contribution is 9.10. The lowest BCUT2D eigenvalue weighted by molar-refractivity contribution is -0.120. The van der Waals surface area contributed by atoms with Crippen molar-refractivity contribution >= 4 is 33.6 Å². The molecule has 0 bridgehead atoms. The van der Waals surface area contributed by atoms with Gasteiger partial charge in [-0.15, -0.1) is 0 Å². The lowest BCUT2D eigenvalue weighted by Gasteiger charge is -2.31. The number of hydrogen-bond donors (Lipinski definition) is 1. The van der Waals surface area contributed by atoms with E-state index in [9.17, 15) is 4.79 Å². The van der Waals surface area contributed by atoms with Crippen LogP contribution in [0.3, 0.4) is 0 Å². The van der Waals surface area contributed by atoms with Gasteiger partial charge in [0.25, 0.3) is 0 Å². The van der Waals surface area contributed by atoms with E-state index in [1.165, 1.54) is 0 Å². The fourth-order valence-corrected chi connectivity index (χ4v) is 3.65. The highest BCUT2D eigenvalue weighted by Crippen LogP contribution is 2.22. The molecule has 1 N–H and O–H groups in total. The Balaban J connectivity index is 1.41. The number of nitrogens with one attached hydrogen (secondary N) is 1. The number of halogens is 1. The second-order valence-corrected chi connectivity index (χ2v) is 7.74. The number of nitrogens with zero attached hydrogens (tertiary/aromatic N) is 5. The Bertz CT molecular complexity index is 927. The van der Waals surface area contributed by atoms with E-state index >= 15 is 0 Å². The minimum absolute atomic E-state index is 0.0122. The summed E-state index contributed by atoms with van der Waals surface area (Å²) in [5.41, 5.74) is 1.12. The van der Waals surface area contributed by atoms with E-state index in [2.05, 4.69) is 41.2 Å². The van der Waals surface area contributed by atoms with Gasteiger partial charge in [-0.3, -0.25) is 4.79 Å². The molecular formula is C20H21BrN6O. The predicted molar refractivity (Wildman–Crippen MR) is 111 cm³/mol. The summed E-state index contributed by atoms with van der Waals surface area (Å²) in [4.78, 5) is 23.6. The number of anilines is 2. The van der Waals surface area contributed by atoms with E-state index in [4.69, 9.17) is 0 Å². The summed E-state index contributed by atoms with van der Waals surface area (Å²) in [6, 6.07) is 11.7. The van der Waals surface area contributed by atoms with Gasteiger partial charge in [-0.2, -0.15) is 5.10 Å². The van der Waals surface area contributed by atoms with Crippen LogP contribution in [0.1, 0.15) is 18.4 Å². The van der Waals surface area contributed by atoms with Gasteiger partial charge in [-0.05, 0) is 36.6 Å². The van der Waals surface area contributed by atoms with Crippen LogP contribution in [0.2, 0.25) is 0 Å². The lowest BCUT2D eigenvalue weighted by atomic mass is 9.97. The molecule has 1 atom stereocenters. The second-order valence-electron chi connectivity index (χ2n) is 6.82. The zero-order chi connectivity index (χ0) is 19.3. The monoisotopic (exact) mass is 440 g/mol. The summed E-state index contributed by atoms with van der Waals surface area (Å²) in [5, 5.41) is 7.40. The highest BCUT2D eigenvalue weighted by atomic mass is 79.9. The Morgan fingerprint density at radius 2 is 1.93 bits per heavy atom. The largest absolute Gasteiger partial charge is 0.340 e. The van der Waals surface area contributed by atoms with Crippen molar-refractivity contribution in [3.8, 4) is 0 Å². The summed E-state index contributed by atoms with van der Waals surface area (Å²) in [5.74, 6) is 1.30. The van der Waals surface area contributed by atoms with Crippen LogP contribution in [0.5, 0.6) is 0 Å². The van der Waals surface area contributed by atoms with Gasteiger partial charge in [0.15, 0.2) is 0 Å². The smallest absolute Gasteiger partial charge is 0.230 e. The summed E-state index contributed by atoms with van der Waals surface area (Å²) in [6.45, 7) is 2.09. The maximum absolute atomic E-state index is 12.9. The minimum atomic E-state index is -0.103. The van der Waals surface area contributed by atoms with Crippen molar-refractivity contribution < 1.29 is 4.79 Å². The molecule has 0 spiro atoms. The average molecular weight is 441 g/mol. The number of hydrogen-bond acceptors (Lipinski definition) is 5. The topological polar surface area (TPSA) is 75.9 Å². The molecular weight excluding hydrogens is 420 g/mol. The Morgan fingerprint density at radius 1 is 1.14 bits per heavy atom. The molecule has 1 amide bonds. The molecule has 1 saturated heterocycles. The van der Waals surface area contributed by atoms with Gasteiger partial charge >= 0.3 is 0 Å². The normalized spacial score (nSPS) is 16.8. The Morgan fingerprint density at radius 3 is 2.71 bits per heavy atom. The fourth-order valence-electron chi connectivity index (χ4n) is 3.38. The standard InChI is InChI=1S/C20H21BrN6O/c21-17-6-4-15(5-7-17)13-27-18(8-11-24-27)25-19(28)16-3-1-12-26(14-16)20-22-9-2-10-23-20/h2,4-11,16H,1,3,12-14H2,(H,25,28). The summed E-state index contributed by atoms with van der Waals surface area (Å²) in [7, 11) is 0. The van der Waals surface area contributed by atoms with Gasteiger partial charge in [0.05, 0.1) is 18.7 Å². The molecule has 0 aliphatic carbocycles. The molecule has 7 nitrogen and oxygen atoms in total. The SMILES string of the molecule is O=C(Nc1ccnn1Cc1ccc(Br)cc1)C1CCCN(c2ncccn2)C1. The molecule has 1 aliphatic rings. The zero-order valence-electron chi connectivity index (χ0n) is 15.3. The fraction of sp³-hybridized carbons (Fsp3) is 0.300. The van der Waals surface area contributed by atoms with E-state index in [-0.39, 0.29) is 11.8 Å². The number of amides is 1. The Hall–Kier alpha value is -2.74. The number of carbonyl (C=O) groups is 1. The number of aromatic nitrogens is 4. The van der Waals surface area contributed by atoms with Crippen LogP contribution in [0.4, 0.5) is 11.8 Å². The van der Waals surface area contributed by atoms with Crippen LogP contribution in [-0.2, 0) is 11.3 Å². The molecule has 1 aromatic carbocycles. The van der Waals surface area contributed by atoms with Crippen molar-refractivity contribution in [2.75, 3.05) is 23.3 Å². The van der Waals surface area contributed by atoms with E-state index < -0.39 is 0 Å². The Labute approximate surface area is 171 Å². The molecule has 28 heavy (non-hydrogen) atoms. The van der Waals surface area contributed by atoms with Crippen molar-refractivity contribution in [1.82, 2.24) is 19.7 Å². The first kappa shape index (κ1) is 18.6. The lowest BCUT2D eigenvalue weighted by Crippen LogP contribution is -2.41. The molecule has 0 saturated carbocycles. The van der Waals surface area contributed by atoms with E-state index in [0.717, 1.165) is 29.4 Å². The van der Waals surface area contributed by atoms with Gasteiger partial charge in [0.2, 0.25) is 11.9 Å². The maximum atomic E-state index is 12.9. The summed E-state index contributed by atoms with van der Waals surface area (Å²) in [6.07, 6.45) is 6.96. The van der Waals surface area contributed by atoms with Crippen molar-refractivity contribution in [2.45, 2.75) is 19.4 Å². The summed E-state index contributed by atoms with van der Waals surface area (Å²) >= 11 is 3.44. The number of benzene rings is 1. The van der Waals surface area contributed by atoms with E-state index in [1.54, 1.807) is 24.7 Å². The Kier molecular flexibility index (Phi) is 5.66. The van der Waals surface area contributed by atoms with Crippen LogP contribution in [-0.4, -0.2) is 38.7 Å². The molecule has 1 fully saturated rings. The van der Waals surface area contributed by atoms with Crippen LogP contribution in [0, 0.1) is 5.92 Å². The van der Waals surface area contributed by atoms with Gasteiger partial charge in [-0.25, -0.2) is 14.6 Å². The quantitative estimate of drug-likeness (QED) is 0.658. The van der Waals surface area contributed by atoms with Crippen molar-refractivity contribution in [1.29, 1.82) is 0 Å². The predicted octanol–water partition coefficient (Wildman–Crippen LogP) is 3.34. The number of carbonyl (C=O) groups excluding carboxylic acids is 1. The molecule has 4 rings (SSSR count). The van der Waals surface area contributed by atoms with Gasteiger partial charge in [0.1, 0.15) is 5.82 Å². The first-order chi connectivity index (χ1) is 13.7. The maximum Gasteiger partial charge on any atom is 0.230 e. The average Bonchev–Trinajstić information content (AvgIpc) is 3.17. The molecule has 3 heterocycles. The van der Waals surface area contributed by atoms with Crippen molar-refractivity contribution in [2.24, 2.45) is 5.92 Å². The third-order valence-electron chi connectivity index (χ3n) is 4.84. The van der Waals surface area contributed by atoms with Gasteiger partial charge in [0, 0.05) is 36.0 Å². The molecule has 0 radical (unpaired) electrons. The van der Waals surface area contributed by atoms with Crippen LogP contribution in [0.25, 0.3) is 0 Å². The molecule has 8 heteroatoms. The van der Waals surface area contributed by atoms with E-state index in [0.29, 0.717) is 24.9 Å². The van der Waals surface area contributed by atoms with Crippen molar-refractivity contribution in [3.63, 3.8) is 0 Å². The zero-order valence-corrected chi connectivity index (χ0v) is 16.9. The van der Waals surface area contributed by atoms with Crippen LogP contribution < -0.4 is 10.2 Å². The molecule has 1 unspecified atom stereocenters. The molecule has 1 aliphatic heterocycles. The highest BCUT2D eigenvalue weighted by Gasteiger charge is 2.27. The summed E-state index contributed by atoms with van der Waals surface area (Å²) < 4.78 is 2.84.